The summed E-state index contributed by atoms with van der Waals surface area (Å²) >= 11 is 0. The van der Waals surface area contributed by atoms with Gasteiger partial charge in [-0.1, -0.05) is 18.2 Å². The van der Waals surface area contributed by atoms with Gasteiger partial charge in [0.05, 0.1) is 11.6 Å². The van der Waals surface area contributed by atoms with Crippen LogP contribution in [0.2, 0.25) is 0 Å². The van der Waals surface area contributed by atoms with E-state index in [1.807, 2.05) is 32.0 Å². The Kier molecular flexibility index (Phi) is 4.57. The van der Waals surface area contributed by atoms with Gasteiger partial charge in [0, 0.05) is 18.7 Å². The molecular formula is C20H21FN2O2. The first-order valence-corrected chi connectivity index (χ1v) is 8.30. The van der Waals surface area contributed by atoms with Gasteiger partial charge in [0.1, 0.15) is 5.82 Å². The average Bonchev–Trinajstić information content (AvgIpc) is 2.94. The average molecular weight is 340 g/mol. The molecular weight excluding hydrogens is 319 g/mol. The van der Waals surface area contributed by atoms with E-state index in [0.717, 1.165) is 22.4 Å². The van der Waals surface area contributed by atoms with Gasteiger partial charge in [-0.3, -0.25) is 9.59 Å². The SMILES string of the molecule is Cc1ccc(NC(=O)C2CC(=O)N(c3cccc(C)c3C)C2)c(F)c1. The summed E-state index contributed by atoms with van der Waals surface area (Å²) in [6, 6.07) is 10.4. The van der Waals surface area contributed by atoms with E-state index in [0.29, 0.717) is 6.54 Å². The number of hydrogen-bond acceptors (Lipinski definition) is 2. The molecule has 0 radical (unpaired) electrons. The van der Waals surface area contributed by atoms with Crippen LogP contribution in [0.15, 0.2) is 36.4 Å². The van der Waals surface area contributed by atoms with E-state index in [1.165, 1.54) is 6.07 Å². The highest BCUT2D eigenvalue weighted by atomic mass is 19.1. The van der Waals surface area contributed by atoms with Crippen LogP contribution in [-0.2, 0) is 9.59 Å². The summed E-state index contributed by atoms with van der Waals surface area (Å²) in [6.07, 6.45) is 0.132. The summed E-state index contributed by atoms with van der Waals surface area (Å²) in [5.74, 6) is -1.38. The molecule has 0 aliphatic carbocycles. The fourth-order valence-corrected chi connectivity index (χ4v) is 3.10. The number of rotatable bonds is 3. The van der Waals surface area contributed by atoms with Crippen molar-refractivity contribution >= 4 is 23.2 Å². The number of anilines is 2. The summed E-state index contributed by atoms with van der Waals surface area (Å²) in [6.45, 7) is 6.05. The van der Waals surface area contributed by atoms with Gasteiger partial charge in [-0.2, -0.15) is 0 Å². The first kappa shape index (κ1) is 17.1. The molecule has 1 aliphatic heterocycles. The summed E-state index contributed by atoms with van der Waals surface area (Å²) in [4.78, 5) is 26.5. The second-order valence-corrected chi connectivity index (χ2v) is 6.60. The molecule has 0 spiro atoms. The highest BCUT2D eigenvalue weighted by Crippen LogP contribution is 2.30. The zero-order valence-electron chi connectivity index (χ0n) is 14.6. The molecule has 2 aromatic carbocycles. The normalized spacial score (nSPS) is 17.0. The van der Waals surface area contributed by atoms with Crippen LogP contribution in [0.25, 0.3) is 0 Å². The molecule has 0 bridgehead atoms. The Bertz CT molecular complexity index is 848. The van der Waals surface area contributed by atoms with E-state index in [1.54, 1.807) is 24.0 Å². The lowest BCUT2D eigenvalue weighted by Crippen LogP contribution is -2.28. The van der Waals surface area contributed by atoms with Crippen LogP contribution in [0.1, 0.15) is 23.1 Å². The third kappa shape index (κ3) is 3.40. The van der Waals surface area contributed by atoms with E-state index in [4.69, 9.17) is 0 Å². The van der Waals surface area contributed by atoms with Crippen molar-refractivity contribution < 1.29 is 14.0 Å². The maximum absolute atomic E-state index is 13.9. The molecule has 1 N–H and O–H groups in total. The molecule has 0 aromatic heterocycles. The monoisotopic (exact) mass is 340 g/mol. The fourth-order valence-electron chi connectivity index (χ4n) is 3.10. The van der Waals surface area contributed by atoms with E-state index in [9.17, 15) is 14.0 Å². The zero-order valence-corrected chi connectivity index (χ0v) is 14.6. The van der Waals surface area contributed by atoms with Gasteiger partial charge < -0.3 is 10.2 Å². The second-order valence-electron chi connectivity index (χ2n) is 6.60. The van der Waals surface area contributed by atoms with Crippen molar-refractivity contribution in [2.75, 3.05) is 16.8 Å². The van der Waals surface area contributed by atoms with Crippen LogP contribution in [0.3, 0.4) is 0 Å². The van der Waals surface area contributed by atoms with Gasteiger partial charge in [-0.05, 0) is 55.7 Å². The lowest BCUT2D eigenvalue weighted by Gasteiger charge is -2.20. The molecule has 4 nitrogen and oxygen atoms in total. The van der Waals surface area contributed by atoms with Crippen LogP contribution in [0.4, 0.5) is 15.8 Å². The molecule has 0 saturated carbocycles. The van der Waals surface area contributed by atoms with Crippen LogP contribution in [-0.4, -0.2) is 18.4 Å². The number of carbonyl (C=O) groups excluding carboxylic acids is 2. The summed E-state index contributed by atoms with van der Waals surface area (Å²) < 4.78 is 13.9. The van der Waals surface area contributed by atoms with Crippen LogP contribution >= 0.6 is 0 Å². The van der Waals surface area contributed by atoms with E-state index in [2.05, 4.69) is 5.32 Å². The maximum Gasteiger partial charge on any atom is 0.229 e. The largest absolute Gasteiger partial charge is 0.323 e. The van der Waals surface area contributed by atoms with E-state index < -0.39 is 11.7 Å². The van der Waals surface area contributed by atoms with Gasteiger partial charge in [0.25, 0.3) is 0 Å². The number of nitrogens with one attached hydrogen (secondary N) is 1. The number of benzene rings is 2. The Hall–Kier alpha value is -2.69. The van der Waals surface area contributed by atoms with Crippen molar-refractivity contribution in [1.82, 2.24) is 0 Å². The van der Waals surface area contributed by atoms with Gasteiger partial charge in [0.15, 0.2) is 0 Å². The number of amides is 2. The number of halogens is 1. The Morgan fingerprint density at radius 1 is 1.20 bits per heavy atom. The minimum Gasteiger partial charge on any atom is -0.323 e. The van der Waals surface area contributed by atoms with Crippen LogP contribution < -0.4 is 10.2 Å². The van der Waals surface area contributed by atoms with E-state index in [-0.39, 0.29) is 23.9 Å². The lowest BCUT2D eigenvalue weighted by atomic mass is 10.1. The van der Waals surface area contributed by atoms with Crippen LogP contribution in [0, 0.1) is 32.5 Å². The Balaban J connectivity index is 1.75. The second kappa shape index (κ2) is 6.67. The minimum absolute atomic E-state index is 0.0850. The van der Waals surface area contributed by atoms with E-state index >= 15 is 0 Å². The molecule has 5 heteroatoms. The molecule has 1 aliphatic rings. The van der Waals surface area contributed by atoms with Crippen molar-refractivity contribution in [1.29, 1.82) is 0 Å². The molecule has 130 valence electrons. The van der Waals surface area contributed by atoms with Crippen molar-refractivity contribution in [3.05, 3.63) is 58.9 Å². The Labute approximate surface area is 146 Å². The molecule has 1 unspecified atom stereocenters. The number of carbonyl (C=O) groups is 2. The zero-order chi connectivity index (χ0) is 18.1. The van der Waals surface area contributed by atoms with Crippen molar-refractivity contribution in [3.8, 4) is 0 Å². The molecule has 2 aromatic rings. The Morgan fingerprint density at radius 3 is 2.68 bits per heavy atom. The molecule has 1 saturated heterocycles. The third-order valence-electron chi connectivity index (χ3n) is 4.75. The highest BCUT2D eigenvalue weighted by molar-refractivity contribution is 6.04. The predicted molar refractivity (Wildman–Crippen MR) is 96.1 cm³/mol. The number of hydrogen-bond donors (Lipinski definition) is 1. The van der Waals surface area contributed by atoms with Crippen molar-refractivity contribution in [3.63, 3.8) is 0 Å². The van der Waals surface area contributed by atoms with Crippen molar-refractivity contribution in [2.45, 2.75) is 27.2 Å². The standard InChI is InChI=1S/C20H21FN2O2/c1-12-7-8-17(16(21)9-12)22-20(25)15-10-19(24)23(11-15)18-6-4-5-13(2)14(18)3/h4-9,15H,10-11H2,1-3H3,(H,22,25). The highest BCUT2D eigenvalue weighted by Gasteiger charge is 2.36. The van der Waals surface area contributed by atoms with Gasteiger partial charge in [-0.25, -0.2) is 4.39 Å². The smallest absolute Gasteiger partial charge is 0.229 e. The Morgan fingerprint density at radius 2 is 1.96 bits per heavy atom. The molecule has 2 amide bonds. The summed E-state index contributed by atoms with van der Waals surface area (Å²) in [5, 5.41) is 2.61. The van der Waals surface area contributed by atoms with Crippen LogP contribution in [0.5, 0.6) is 0 Å². The van der Waals surface area contributed by atoms with Crippen molar-refractivity contribution in [2.24, 2.45) is 5.92 Å². The first-order valence-electron chi connectivity index (χ1n) is 8.30. The molecule has 1 atom stereocenters. The minimum atomic E-state index is -0.492. The van der Waals surface area contributed by atoms with Gasteiger partial charge in [0.2, 0.25) is 11.8 Å². The third-order valence-corrected chi connectivity index (χ3v) is 4.75. The predicted octanol–water partition coefficient (Wildman–Crippen LogP) is 3.74. The van der Waals surface area contributed by atoms with Gasteiger partial charge in [-0.15, -0.1) is 0 Å². The van der Waals surface area contributed by atoms with Gasteiger partial charge >= 0.3 is 0 Å². The topological polar surface area (TPSA) is 49.4 Å². The molecule has 25 heavy (non-hydrogen) atoms. The fraction of sp³-hybridized carbons (Fsp3) is 0.300. The quantitative estimate of drug-likeness (QED) is 0.925. The summed E-state index contributed by atoms with van der Waals surface area (Å²) in [7, 11) is 0. The molecule has 1 heterocycles. The molecule has 3 rings (SSSR count). The summed E-state index contributed by atoms with van der Waals surface area (Å²) in [5.41, 5.74) is 3.89. The first-order chi connectivity index (χ1) is 11.9. The number of aryl methyl sites for hydroxylation is 2. The maximum atomic E-state index is 13.9. The lowest BCUT2D eigenvalue weighted by molar-refractivity contribution is -0.122. The number of nitrogens with zero attached hydrogens (tertiary/aromatic N) is 1. The molecule has 1 fully saturated rings.